The first-order valence-corrected chi connectivity index (χ1v) is 14.8. The van der Waals surface area contributed by atoms with Crippen molar-refractivity contribution in [1.29, 1.82) is 0 Å². The van der Waals surface area contributed by atoms with Crippen molar-refractivity contribution < 1.29 is 24.2 Å². The Hall–Kier alpha value is -2.14. The van der Waals surface area contributed by atoms with Gasteiger partial charge < -0.3 is 20.5 Å². The number of aliphatic hydroxyl groups excluding tert-OH is 1. The van der Waals surface area contributed by atoms with Crippen LogP contribution in [0.1, 0.15) is 90.2 Å². The molecule has 1 rings (SSSR count). The Morgan fingerprint density at radius 2 is 1.62 bits per heavy atom. The number of rotatable bonds is 22. The molecule has 0 radical (unpaired) electrons. The third kappa shape index (κ3) is 15.7. The maximum Gasteiger partial charge on any atom is 0.330 e. The second-order valence-corrected chi connectivity index (χ2v) is 10.5. The highest BCUT2D eigenvalue weighted by molar-refractivity contribution is 7.99. The van der Waals surface area contributed by atoms with Crippen molar-refractivity contribution in [1.82, 2.24) is 25.6 Å². The summed E-state index contributed by atoms with van der Waals surface area (Å²) in [5.41, 5.74) is 0.995. The molecule has 0 saturated heterocycles. The van der Waals surface area contributed by atoms with Crippen molar-refractivity contribution in [3.8, 4) is 0 Å². The first-order valence-electron chi connectivity index (χ1n) is 13.6. The van der Waals surface area contributed by atoms with Gasteiger partial charge in [0.2, 0.25) is 11.8 Å². The van der Waals surface area contributed by atoms with E-state index in [1.807, 2.05) is 6.20 Å². The van der Waals surface area contributed by atoms with E-state index in [0.29, 0.717) is 18.1 Å². The van der Waals surface area contributed by atoms with Crippen molar-refractivity contribution in [2.75, 3.05) is 25.2 Å². The van der Waals surface area contributed by atoms with Crippen molar-refractivity contribution in [2.24, 2.45) is 0 Å². The molecule has 2 atom stereocenters. The van der Waals surface area contributed by atoms with Crippen LogP contribution in [0.3, 0.4) is 0 Å². The van der Waals surface area contributed by atoms with Gasteiger partial charge in [0.05, 0.1) is 26.0 Å². The molecule has 10 nitrogen and oxygen atoms in total. The molecule has 0 bridgehead atoms. The summed E-state index contributed by atoms with van der Waals surface area (Å²) in [6.45, 7) is 3.61. The Balaban J connectivity index is 2.24. The zero-order valence-corrected chi connectivity index (χ0v) is 23.7. The fourth-order valence-corrected chi connectivity index (χ4v) is 4.87. The lowest BCUT2D eigenvalue weighted by Crippen LogP contribution is -2.53. The number of thioether (sulfide) groups is 1. The van der Waals surface area contributed by atoms with Gasteiger partial charge in [-0.15, -0.1) is 5.10 Å². The first kappa shape index (κ1) is 32.9. The summed E-state index contributed by atoms with van der Waals surface area (Å²) in [5.74, 6) is -0.680. The van der Waals surface area contributed by atoms with Crippen LogP contribution in [0.2, 0.25) is 0 Å². The molecular formula is C26H47N5O5S. The molecule has 1 aromatic heterocycles. The predicted molar refractivity (Wildman–Crippen MR) is 146 cm³/mol. The van der Waals surface area contributed by atoms with Gasteiger partial charge in [0.25, 0.3) is 0 Å². The lowest BCUT2D eigenvalue weighted by atomic mass is 10.0. The number of methoxy groups -OCH3 is 1. The topological polar surface area (TPSA) is 135 Å². The lowest BCUT2D eigenvalue weighted by molar-refractivity contribution is -0.146. The van der Waals surface area contributed by atoms with Crippen molar-refractivity contribution >= 4 is 29.5 Å². The van der Waals surface area contributed by atoms with Crippen molar-refractivity contribution in [3.63, 3.8) is 0 Å². The zero-order valence-electron chi connectivity index (χ0n) is 22.9. The van der Waals surface area contributed by atoms with Crippen molar-refractivity contribution in [2.45, 2.75) is 110 Å². The first-order chi connectivity index (χ1) is 17.9. The molecular weight excluding hydrogens is 494 g/mol. The van der Waals surface area contributed by atoms with E-state index >= 15 is 0 Å². The fraction of sp³-hybridized carbons (Fsp3) is 0.808. The number of nitrogens with zero attached hydrogens (tertiary/aromatic N) is 3. The number of ether oxygens (including phenoxy) is 1. The summed E-state index contributed by atoms with van der Waals surface area (Å²) in [7, 11) is 1.17. The molecule has 0 aliphatic heterocycles. The van der Waals surface area contributed by atoms with Crippen LogP contribution in [0.5, 0.6) is 0 Å². The minimum Gasteiger partial charge on any atom is -0.467 e. The number of esters is 1. The number of aromatic nitrogens is 3. The molecule has 0 unspecified atom stereocenters. The molecule has 3 N–H and O–H groups in total. The quantitative estimate of drug-likeness (QED) is 0.151. The number of amides is 2. The molecule has 0 aliphatic carbocycles. The Labute approximate surface area is 226 Å². The van der Waals surface area contributed by atoms with E-state index in [4.69, 9.17) is 0 Å². The highest BCUT2D eigenvalue weighted by Gasteiger charge is 2.26. The Kier molecular flexibility index (Phi) is 18.5. The largest absolute Gasteiger partial charge is 0.467 e. The SMILES string of the molecule is CCCCCCCCCCCCCc1cn(CCSC[C@@H](NC(C)=O)C(=O)N[C@@H](CO)C(=O)OC)nn1. The molecule has 11 heteroatoms. The smallest absolute Gasteiger partial charge is 0.330 e. The van der Waals surface area contributed by atoms with Gasteiger partial charge in [-0.2, -0.15) is 11.8 Å². The molecule has 0 spiro atoms. The number of carbonyl (C=O) groups is 3. The molecule has 1 aromatic rings. The fourth-order valence-electron chi connectivity index (χ4n) is 3.91. The number of aryl methyl sites for hydroxylation is 2. The van der Waals surface area contributed by atoms with E-state index in [-0.39, 0.29) is 5.91 Å². The Bertz CT molecular complexity index is 776. The summed E-state index contributed by atoms with van der Waals surface area (Å²) >= 11 is 1.48. The second kappa shape index (κ2) is 20.9. The summed E-state index contributed by atoms with van der Waals surface area (Å²) in [6, 6.07) is -2.01. The van der Waals surface area contributed by atoms with Crippen LogP contribution in [-0.4, -0.2) is 75.2 Å². The standard InChI is InChI=1S/C26H47N5O5S/c1-4-5-6-7-8-9-10-11-12-13-14-15-22-18-31(30-29-22)16-17-37-20-24(27-21(2)33)25(34)28-23(19-32)26(35)36-3/h18,23-24,32H,4-17,19-20H2,1-3H3,(H,27,33)(H,28,34)/t23-,24+/m0/s1. The highest BCUT2D eigenvalue weighted by atomic mass is 32.2. The van der Waals surface area contributed by atoms with E-state index in [9.17, 15) is 19.5 Å². The Morgan fingerprint density at radius 3 is 2.19 bits per heavy atom. The summed E-state index contributed by atoms with van der Waals surface area (Å²) in [5, 5.41) is 22.8. The van der Waals surface area contributed by atoms with Gasteiger partial charge in [-0.1, -0.05) is 76.3 Å². The molecule has 0 aromatic carbocycles. The number of carbonyl (C=O) groups excluding carboxylic acids is 3. The van der Waals surface area contributed by atoms with E-state index < -0.39 is 30.6 Å². The van der Waals surface area contributed by atoms with E-state index in [1.54, 1.807) is 4.68 Å². The van der Waals surface area contributed by atoms with E-state index in [2.05, 4.69) is 32.6 Å². The summed E-state index contributed by atoms with van der Waals surface area (Å²) < 4.78 is 6.36. The van der Waals surface area contributed by atoms with Gasteiger partial charge >= 0.3 is 5.97 Å². The van der Waals surface area contributed by atoms with Crippen LogP contribution in [0.4, 0.5) is 0 Å². The molecule has 212 valence electrons. The van der Waals surface area contributed by atoms with Gasteiger partial charge in [-0.05, 0) is 12.8 Å². The van der Waals surface area contributed by atoms with Gasteiger partial charge in [0.1, 0.15) is 6.04 Å². The molecule has 0 aliphatic rings. The Morgan fingerprint density at radius 1 is 1.00 bits per heavy atom. The lowest BCUT2D eigenvalue weighted by Gasteiger charge is -2.20. The highest BCUT2D eigenvalue weighted by Crippen LogP contribution is 2.12. The van der Waals surface area contributed by atoms with Crippen LogP contribution in [0.15, 0.2) is 6.20 Å². The van der Waals surface area contributed by atoms with Crippen LogP contribution in [-0.2, 0) is 32.1 Å². The minimum absolute atomic E-state index is 0.311. The van der Waals surface area contributed by atoms with E-state index in [0.717, 1.165) is 18.5 Å². The van der Waals surface area contributed by atoms with Crippen LogP contribution in [0.25, 0.3) is 0 Å². The summed E-state index contributed by atoms with van der Waals surface area (Å²) in [4.78, 5) is 35.6. The maximum atomic E-state index is 12.5. The molecule has 0 saturated carbocycles. The van der Waals surface area contributed by atoms with Crippen molar-refractivity contribution in [3.05, 3.63) is 11.9 Å². The van der Waals surface area contributed by atoms with Crippen LogP contribution in [0, 0.1) is 0 Å². The third-order valence-corrected chi connectivity index (χ3v) is 7.09. The van der Waals surface area contributed by atoms with Crippen LogP contribution >= 0.6 is 11.8 Å². The average molecular weight is 542 g/mol. The molecule has 2 amide bonds. The average Bonchev–Trinajstić information content (AvgIpc) is 3.34. The number of nitrogens with one attached hydrogen (secondary N) is 2. The number of aliphatic hydroxyl groups is 1. The monoisotopic (exact) mass is 541 g/mol. The number of hydrogen-bond donors (Lipinski definition) is 3. The molecule has 37 heavy (non-hydrogen) atoms. The normalized spacial score (nSPS) is 12.6. The van der Waals surface area contributed by atoms with Gasteiger partial charge in [0.15, 0.2) is 6.04 Å². The second-order valence-electron chi connectivity index (χ2n) is 9.35. The van der Waals surface area contributed by atoms with Gasteiger partial charge in [-0.25, -0.2) is 4.79 Å². The summed E-state index contributed by atoms with van der Waals surface area (Å²) in [6.07, 6.45) is 17.4. The zero-order chi connectivity index (χ0) is 27.3. The third-order valence-electron chi connectivity index (χ3n) is 6.05. The van der Waals surface area contributed by atoms with Gasteiger partial charge in [-0.3, -0.25) is 14.3 Å². The van der Waals surface area contributed by atoms with E-state index in [1.165, 1.54) is 90.0 Å². The number of hydrogen-bond acceptors (Lipinski definition) is 8. The predicted octanol–water partition coefficient (Wildman–Crippen LogP) is 3.02. The maximum absolute atomic E-state index is 12.5. The van der Waals surface area contributed by atoms with Gasteiger partial charge in [0, 0.05) is 24.6 Å². The number of unbranched alkanes of at least 4 members (excludes halogenated alkanes) is 10. The molecule has 0 fully saturated rings. The molecule has 1 heterocycles. The van der Waals surface area contributed by atoms with Crippen LogP contribution < -0.4 is 10.6 Å². The minimum atomic E-state index is -1.17.